The fraction of sp³-hybridized carbons (Fsp3) is 0.389. The third-order valence-corrected chi connectivity index (χ3v) is 4.58. The number of para-hydroxylation sites is 1. The zero-order valence-electron chi connectivity index (χ0n) is 14.4. The lowest BCUT2D eigenvalue weighted by molar-refractivity contribution is -0.133. The molecule has 0 radical (unpaired) electrons. The predicted molar refractivity (Wildman–Crippen MR) is 93.5 cm³/mol. The normalized spacial score (nSPS) is 14.6. The van der Waals surface area contributed by atoms with Crippen LogP contribution in [0.15, 0.2) is 35.1 Å². The van der Waals surface area contributed by atoms with Crippen LogP contribution in [0.1, 0.15) is 5.69 Å². The standard InChI is InChI=1S/C18H21N3O4/c1-13-11-16(22)14-5-3-4-6-15(14)21(13)12-17(23)19-7-9-20(10-8-19)18(24)25-2/h3-6,11H,7-10,12H2,1-2H3. The Kier molecular flexibility index (Phi) is 4.74. The Bertz CT molecular complexity index is 866. The van der Waals surface area contributed by atoms with Gasteiger partial charge in [0.1, 0.15) is 6.54 Å². The monoisotopic (exact) mass is 343 g/mol. The summed E-state index contributed by atoms with van der Waals surface area (Å²) in [6, 6.07) is 8.86. The van der Waals surface area contributed by atoms with Gasteiger partial charge in [0.2, 0.25) is 5.91 Å². The molecule has 0 unspecified atom stereocenters. The molecule has 0 atom stereocenters. The molecule has 1 aliphatic heterocycles. The third kappa shape index (κ3) is 3.35. The number of piperazine rings is 1. The van der Waals surface area contributed by atoms with E-state index in [9.17, 15) is 14.4 Å². The van der Waals surface area contributed by atoms with E-state index in [1.807, 2.05) is 29.7 Å². The molecule has 7 heteroatoms. The molecular weight excluding hydrogens is 322 g/mol. The second-order valence-corrected chi connectivity index (χ2v) is 6.09. The quantitative estimate of drug-likeness (QED) is 0.822. The zero-order chi connectivity index (χ0) is 18.0. The summed E-state index contributed by atoms with van der Waals surface area (Å²) in [6.45, 7) is 3.88. The van der Waals surface area contributed by atoms with Crippen LogP contribution in [0.4, 0.5) is 4.79 Å². The number of nitrogens with zero attached hydrogens (tertiary/aromatic N) is 3. The SMILES string of the molecule is COC(=O)N1CCN(C(=O)Cn2c(C)cc(=O)c3ccccc32)CC1. The van der Waals surface area contributed by atoms with Gasteiger partial charge in [0, 0.05) is 43.3 Å². The van der Waals surface area contributed by atoms with Gasteiger partial charge in [0.25, 0.3) is 0 Å². The van der Waals surface area contributed by atoms with Crippen LogP contribution in [0.2, 0.25) is 0 Å². The van der Waals surface area contributed by atoms with Gasteiger partial charge >= 0.3 is 6.09 Å². The van der Waals surface area contributed by atoms with Gasteiger partial charge in [-0.05, 0) is 19.1 Å². The summed E-state index contributed by atoms with van der Waals surface area (Å²) >= 11 is 0. The number of carbonyl (C=O) groups is 2. The van der Waals surface area contributed by atoms with Gasteiger partial charge in [0.05, 0.1) is 12.6 Å². The number of amides is 2. The molecule has 3 rings (SSSR count). The topological polar surface area (TPSA) is 71.8 Å². The maximum atomic E-state index is 12.7. The molecule has 0 spiro atoms. The Morgan fingerprint density at radius 1 is 1.08 bits per heavy atom. The number of pyridine rings is 1. The van der Waals surface area contributed by atoms with Crippen molar-refractivity contribution in [3.63, 3.8) is 0 Å². The summed E-state index contributed by atoms with van der Waals surface area (Å²) in [7, 11) is 1.35. The summed E-state index contributed by atoms with van der Waals surface area (Å²) in [6.07, 6.45) is -0.366. The number of carbonyl (C=O) groups excluding carboxylic acids is 2. The first-order valence-electron chi connectivity index (χ1n) is 8.21. The molecule has 25 heavy (non-hydrogen) atoms. The smallest absolute Gasteiger partial charge is 0.409 e. The van der Waals surface area contributed by atoms with E-state index in [1.165, 1.54) is 7.11 Å². The second-order valence-electron chi connectivity index (χ2n) is 6.09. The number of hydrogen-bond acceptors (Lipinski definition) is 4. The average molecular weight is 343 g/mol. The Hall–Kier alpha value is -2.83. The number of aromatic nitrogens is 1. The molecule has 1 aromatic carbocycles. The summed E-state index contributed by atoms with van der Waals surface area (Å²) in [5.41, 5.74) is 1.47. The number of methoxy groups -OCH3 is 1. The first-order chi connectivity index (χ1) is 12.0. The fourth-order valence-electron chi connectivity index (χ4n) is 3.17. The minimum Gasteiger partial charge on any atom is -0.453 e. The molecule has 2 aromatic rings. The van der Waals surface area contributed by atoms with E-state index >= 15 is 0 Å². The highest BCUT2D eigenvalue weighted by Crippen LogP contribution is 2.14. The second kappa shape index (κ2) is 6.96. The molecule has 2 amide bonds. The lowest BCUT2D eigenvalue weighted by Gasteiger charge is -2.34. The highest BCUT2D eigenvalue weighted by molar-refractivity contribution is 5.83. The van der Waals surface area contributed by atoms with Crippen molar-refractivity contribution in [1.82, 2.24) is 14.4 Å². The van der Waals surface area contributed by atoms with Gasteiger partial charge in [0.15, 0.2) is 5.43 Å². The largest absolute Gasteiger partial charge is 0.453 e. The molecule has 0 aliphatic carbocycles. The van der Waals surface area contributed by atoms with Crippen molar-refractivity contribution in [3.05, 3.63) is 46.2 Å². The van der Waals surface area contributed by atoms with Crippen molar-refractivity contribution >= 4 is 22.9 Å². The van der Waals surface area contributed by atoms with Crippen LogP contribution >= 0.6 is 0 Å². The molecule has 2 heterocycles. The summed E-state index contributed by atoms with van der Waals surface area (Å²) in [5, 5.41) is 0.608. The van der Waals surface area contributed by atoms with Crippen LogP contribution in [0.5, 0.6) is 0 Å². The van der Waals surface area contributed by atoms with Crippen LogP contribution < -0.4 is 5.43 Å². The molecule has 1 aliphatic rings. The van der Waals surface area contributed by atoms with Crippen LogP contribution in [-0.2, 0) is 16.1 Å². The van der Waals surface area contributed by atoms with Gasteiger partial charge in [-0.1, -0.05) is 12.1 Å². The minimum atomic E-state index is -0.366. The van der Waals surface area contributed by atoms with Crippen molar-refractivity contribution < 1.29 is 14.3 Å². The average Bonchev–Trinajstić information content (AvgIpc) is 2.64. The van der Waals surface area contributed by atoms with Crippen LogP contribution in [0.3, 0.4) is 0 Å². The minimum absolute atomic E-state index is 0.0265. The number of ether oxygens (including phenoxy) is 1. The van der Waals surface area contributed by atoms with Crippen molar-refractivity contribution in [3.8, 4) is 0 Å². The molecule has 0 N–H and O–H groups in total. The van der Waals surface area contributed by atoms with Crippen molar-refractivity contribution in [1.29, 1.82) is 0 Å². The van der Waals surface area contributed by atoms with E-state index < -0.39 is 0 Å². The van der Waals surface area contributed by atoms with E-state index in [2.05, 4.69) is 0 Å². The molecule has 1 aromatic heterocycles. The molecule has 132 valence electrons. The van der Waals surface area contributed by atoms with Crippen LogP contribution in [-0.4, -0.2) is 59.7 Å². The maximum Gasteiger partial charge on any atom is 0.409 e. The van der Waals surface area contributed by atoms with E-state index in [0.29, 0.717) is 31.6 Å². The Labute approximate surface area is 145 Å². The zero-order valence-corrected chi connectivity index (χ0v) is 14.4. The lowest BCUT2D eigenvalue weighted by atomic mass is 10.2. The van der Waals surface area contributed by atoms with E-state index in [0.717, 1.165) is 11.2 Å². The van der Waals surface area contributed by atoms with E-state index in [1.54, 1.807) is 21.9 Å². The Morgan fingerprint density at radius 2 is 1.72 bits per heavy atom. The van der Waals surface area contributed by atoms with E-state index in [-0.39, 0.29) is 24.0 Å². The van der Waals surface area contributed by atoms with Crippen molar-refractivity contribution in [2.24, 2.45) is 0 Å². The first kappa shape index (κ1) is 17.0. The van der Waals surface area contributed by atoms with Gasteiger partial charge in [-0.25, -0.2) is 4.79 Å². The highest BCUT2D eigenvalue weighted by Gasteiger charge is 2.25. The predicted octanol–water partition coefficient (Wildman–Crippen LogP) is 1.22. The molecule has 1 saturated heterocycles. The van der Waals surface area contributed by atoms with Crippen LogP contribution in [0, 0.1) is 6.92 Å². The fourth-order valence-corrected chi connectivity index (χ4v) is 3.17. The third-order valence-electron chi connectivity index (χ3n) is 4.58. The number of rotatable bonds is 2. The summed E-state index contributed by atoms with van der Waals surface area (Å²) in [4.78, 5) is 39.6. The van der Waals surface area contributed by atoms with Gasteiger partial charge in [-0.2, -0.15) is 0 Å². The highest BCUT2D eigenvalue weighted by atomic mass is 16.5. The number of fused-ring (bicyclic) bond motifs is 1. The number of aryl methyl sites for hydroxylation is 1. The van der Waals surface area contributed by atoms with Crippen molar-refractivity contribution in [2.45, 2.75) is 13.5 Å². The van der Waals surface area contributed by atoms with Crippen LogP contribution in [0.25, 0.3) is 10.9 Å². The first-order valence-corrected chi connectivity index (χ1v) is 8.21. The molecule has 0 saturated carbocycles. The van der Waals surface area contributed by atoms with E-state index in [4.69, 9.17) is 4.74 Å². The maximum absolute atomic E-state index is 12.7. The van der Waals surface area contributed by atoms with Gasteiger partial charge in [-0.15, -0.1) is 0 Å². The van der Waals surface area contributed by atoms with Crippen molar-refractivity contribution in [2.75, 3.05) is 33.3 Å². The Morgan fingerprint density at radius 3 is 2.40 bits per heavy atom. The van der Waals surface area contributed by atoms with Gasteiger partial charge < -0.3 is 19.1 Å². The summed E-state index contributed by atoms with van der Waals surface area (Å²) < 4.78 is 6.57. The molecule has 1 fully saturated rings. The van der Waals surface area contributed by atoms with Gasteiger partial charge in [-0.3, -0.25) is 9.59 Å². The molecular formula is C18H21N3O4. The summed E-state index contributed by atoms with van der Waals surface area (Å²) in [5.74, 6) is -0.0265. The number of benzene rings is 1. The lowest BCUT2D eigenvalue weighted by Crippen LogP contribution is -2.51. The molecule has 7 nitrogen and oxygen atoms in total. The number of hydrogen-bond donors (Lipinski definition) is 0. The molecule has 0 bridgehead atoms. The Balaban J connectivity index is 1.77.